The van der Waals surface area contributed by atoms with Gasteiger partial charge in [-0.2, -0.15) is 0 Å². The standard InChI is InChI=1S/C7H10N4O2/c1-3-11-7(12)5(10-13)4-6(8-2)9-11/h4,10,13H,2-3H2,1H3. The fourth-order valence-electron chi connectivity index (χ4n) is 0.900. The molecule has 1 aromatic heterocycles. The molecule has 6 heteroatoms. The van der Waals surface area contributed by atoms with E-state index >= 15 is 0 Å². The van der Waals surface area contributed by atoms with Gasteiger partial charge in [-0.3, -0.25) is 15.5 Å². The molecule has 0 amide bonds. The summed E-state index contributed by atoms with van der Waals surface area (Å²) in [5.41, 5.74) is 1.43. The molecule has 0 fully saturated rings. The van der Waals surface area contributed by atoms with Crippen LogP contribution in [0.1, 0.15) is 6.92 Å². The van der Waals surface area contributed by atoms with Crippen molar-refractivity contribution in [2.45, 2.75) is 13.5 Å². The van der Waals surface area contributed by atoms with Crippen LogP contribution in [0.15, 0.2) is 15.9 Å². The van der Waals surface area contributed by atoms with E-state index in [2.05, 4.69) is 16.8 Å². The molecule has 13 heavy (non-hydrogen) atoms. The minimum Gasteiger partial charge on any atom is -0.291 e. The lowest BCUT2D eigenvalue weighted by Crippen LogP contribution is -2.24. The Kier molecular flexibility index (Phi) is 2.76. The predicted molar refractivity (Wildman–Crippen MR) is 48.8 cm³/mol. The molecule has 6 nitrogen and oxygen atoms in total. The summed E-state index contributed by atoms with van der Waals surface area (Å²) >= 11 is 0. The summed E-state index contributed by atoms with van der Waals surface area (Å²) in [5, 5.41) is 12.4. The van der Waals surface area contributed by atoms with Crippen LogP contribution in [0.3, 0.4) is 0 Å². The number of nitrogens with zero attached hydrogens (tertiary/aromatic N) is 3. The first-order valence-corrected chi connectivity index (χ1v) is 3.72. The molecule has 1 aromatic rings. The van der Waals surface area contributed by atoms with Crippen molar-refractivity contribution >= 4 is 18.2 Å². The lowest BCUT2D eigenvalue weighted by molar-refractivity contribution is 0.386. The first-order valence-electron chi connectivity index (χ1n) is 3.72. The monoisotopic (exact) mass is 182 g/mol. The molecule has 1 rings (SSSR count). The van der Waals surface area contributed by atoms with Crippen molar-refractivity contribution < 1.29 is 5.21 Å². The molecule has 0 saturated carbocycles. The smallest absolute Gasteiger partial charge is 0.291 e. The normalized spacial score (nSPS) is 9.69. The SMILES string of the molecule is C=Nc1cc(NO)c(=O)n(CC)n1. The van der Waals surface area contributed by atoms with Crippen molar-refractivity contribution in [3.63, 3.8) is 0 Å². The number of nitrogens with one attached hydrogen (secondary N) is 1. The summed E-state index contributed by atoms with van der Waals surface area (Å²) < 4.78 is 1.18. The van der Waals surface area contributed by atoms with Gasteiger partial charge in [0, 0.05) is 12.6 Å². The molecule has 0 aliphatic rings. The van der Waals surface area contributed by atoms with E-state index in [9.17, 15) is 4.79 Å². The third-order valence-electron chi connectivity index (χ3n) is 1.54. The van der Waals surface area contributed by atoms with Gasteiger partial charge in [0.15, 0.2) is 5.82 Å². The maximum Gasteiger partial charge on any atom is 0.292 e. The Balaban J connectivity index is 3.37. The molecule has 0 bridgehead atoms. The summed E-state index contributed by atoms with van der Waals surface area (Å²) in [4.78, 5) is 14.9. The van der Waals surface area contributed by atoms with E-state index in [-0.39, 0.29) is 11.5 Å². The van der Waals surface area contributed by atoms with Crippen molar-refractivity contribution in [1.29, 1.82) is 0 Å². The average Bonchev–Trinajstić information content (AvgIpc) is 2.18. The zero-order valence-corrected chi connectivity index (χ0v) is 7.19. The highest BCUT2D eigenvalue weighted by molar-refractivity contribution is 5.49. The van der Waals surface area contributed by atoms with E-state index in [1.807, 2.05) is 0 Å². The van der Waals surface area contributed by atoms with Crippen LogP contribution in [0.25, 0.3) is 0 Å². The van der Waals surface area contributed by atoms with Crippen LogP contribution >= 0.6 is 0 Å². The summed E-state index contributed by atoms with van der Waals surface area (Å²) in [5.74, 6) is 0.290. The number of aliphatic imine (C=N–C) groups is 1. The maximum atomic E-state index is 11.3. The molecule has 0 atom stereocenters. The highest BCUT2D eigenvalue weighted by atomic mass is 16.5. The fraction of sp³-hybridized carbons (Fsp3) is 0.286. The molecule has 70 valence electrons. The Bertz CT molecular complexity index is 343. The summed E-state index contributed by atoms with van der Waals surface area (Å²) in [6.07, 6.45) is 0. The van der Waals surface area contributed by atoms with Gasteiger partial charge in [-0.15, -0.1) is 5.10 Å². The van der Waals surface area contributed by atoms with Gasteiger partial charge in [-0.05, 0) is 13.6 Å². The van der Waals surface area contributed by atoms with Crippen LogP contribution in [0.2, 0.25) is 0 Å². The summed E-state index contributed by atoms with van der Waals surface area (Å²) in [7, 11) is 0. The second-order valence-electron chi connectivity index (χ2n) is 2.31. The maximum absolute atomic E-state index is 11.3. The Morgan fingerprint density at radius 1 is 1.85 bits per heavy atom. The zero-order valence-electron chi connectivity index (χ0n) is 7.19. The van der Waals surface area contributed by atoms with Crippen molar-refractivity contribution in [2.24, 2.45) is 4.99 Å². The van der Waals surface area contributed by atoms with E-state index in [1.54, 1.807) is 12.4 Å². The third kappa shape index (κ3) is 1.73. The number of anilines is 1. The molecule has 0 spiro atoms. The summed E-state index contributed by atoms with van der Waals surface area (Å²) in [6.45, 7) is 5.45. The van der Waals surface area contributed by atoms with Crippen LogP contribution in [0.5, 0.6) is 0 Å². The second kappa shape index (κ2) is 3.81. The molecular weight excluding hydrogens is 172 g/mol. The van der Waals surface area contributed by atoms with E-state index in [0.717, 1.165) is 0 Å². The van der Waals surface area contributed by atoms with Crippen LogP contribution in [0.4, 0.5) is 11.5 Å². The molecule has 0 unspecified atom stereocenters. The van der Waals surface area contributed by atoms with Crippen molar-refractivity contribution in [2.75, 3.05) is 5.48 Å². The number of aryl methyl sites for hydroxylation is 1. The first-order chi connectivity index (χ1) is 6.22. The Hall–Kier alpha value is -1.69. The quantitative estimate of drug-likeness (QED) is 0.523. The highest BCUT2D eigenvalue weighted by Gasteiger charge is 2.04. The number of hydrogen-bond acceptors (Lipinski definition) is 5. The topological polar surface area (TPSA) is 79.5 Å². The Labute approximate surface area is 74.5 Å². The summed E-state index contributed by atoms with van der Waals surface area (Å²) in [6, 6.07) is 1.32. The van der Waals surface area contributed by atoms with Gasteiger partial charge in [0.2, 0.25) is 0 Å². The molecule has 0 aliphatic heterocycles. The molecule has 0 saturated heterocycles. The molecular formula is C7H10N4O2. The zero-order chi connectivity index (χ0) is 9.84. The number of aromatic nitrogens is 2. The van der Waals surface area contributed by atoms with Crippen LogP contribution in [-0.2, 0) is 6.54 Å². The van der Waals surface area contributed by atoms with E-state index < -0.39 is 5.56 Å². The van der Waals surface area contributed by atoms with E-state index in [4.69, 9.17) is 5.21 Å². The molecule has 0 aliphatic carbocycles. The van der Waals surface area contributed by atoms with Gasteiger partial charge in [-0.1, -0.05) is 0 Å². The van der Waals surface area contributed by atoms with Crippen molar-refractivity contribution in [1.82, 2.24) is 9.78 Å². The number of rotatable bonds is 3. The van der Waals surface area contributed by atoms with E-state index in [1.165, 1.54) is 10.7 Å². The van der Waals surface area contributed by atoms with Gasteiger partial charge < -0.3 is 0 Å². The first kappa shape index (κ1) is 9.40. The van der Waals surface area contributed by atoms with Gasteiger partial charge >= 0.3 is 0 Å². The minimum absolute atomic E-state index is 0.0410. The van der Waals surface area contributed by atoms with E-state index in [0.29, 0.717) is 6.54 Å². The fourth-order valence-corrected chi connectivity index (χ4v) is 0.900. The van der Waals surface area contributed by atoms with Crippen LogP contribution < -0.4 is 11.0 Å². The molecule has 0 radical (unpaired) electrons. The average molecular weight is 182 g/mol. The van der Waals surface area contributed by atoms with Crippen LogP contribution in [0, 0.1) is 0 Å². The second-order valence-corrected chi connectivity index (χ2v) is 2.31. The largest absolute Gasteiger partial charge is 0.292 e. The number of hydrogen-bond donors (Lipinski definition) is 2. The molecule has 0 aromatic carbocycles. The lowest BCUT2D eigenvalue weighted by atomic mass is 10.4. The Morgan fingerprint density at radius 3 is 3.00 bits per heavy atom. The van der Waals surface area contributed by atoms with Crippen LogP contribution in [-0.4, -0.2) is 21.7 Å². The lowest BCUT2D eigenvalue weighted by Gasteiger charge is -2.04. The van der Waals surface area contributed by atoms with Gasteiger partial charge in [0.05, 0.1) is 0 Å². The molecule has 1 heterocycles. The minimum atomic E-state index is -0.391. The van der Waals surface area contributed by atoms with Crippen molar-refractivity contribution in [3.05, 3.63) is 16.4 Å². The third-order valence-corrected chi connectivity index (χ3v) is 1.54. The highest BCUT2D eigenvalue weighted by Crippen LogP contribution is 2.08. The predicted octanol–water partition coefficient (Wildman–Crippen LogP) is 0.396. The van der Waals surface area contributed by atoms with Gasteiger partial charge in [-0.25, -0.2) is 9.67 Å². The van der Waals surface area contributed by atoms with Gasteiger partial charge in [0.1, 0.15) is 5.69 Å². The molecule has 2 N–H and O–H groups in total. The Morgan fingerprint density at radius 2 is 2.54 bits per heavy atom. The van der Waals surface area contributed by atoms with Gasteiger partial charge in [0.25, 0.3) is 5.56 Å². The van der Waals surface area contributed by atoms with Crippen molar-refractivity contribution in [3.8, 4) is 0 Å².